The molecule has 0 amide bonds. The van der Waals surface area contributed by atoms with Crippen LogP contribution < -0.4 is 5.22 Å². The molecule has 51 heavy (non-hydrogen) atoms. The second-order valence-electron chi connectivity index (χ2n) is 12.2. The number of thiophene rings is 1. The first-order valence-corrected chi connectivity index (χ1v) is 19.6. The van der Waals surface area contributed by atoms with Crippen LogP contribution in [0.1, 0.15) is 5.82 Å². The van der Waals surface area contributed by atoms with Crippen LogP contribution in [0, 0.1) is 3.15 Å². The van der Waals surface area contributed by atoms with E-state index in [-0.39, 0.29) is 20.7 Å². The molecule has 0 spiro atoms. The summed E-state index contributed by atoms with van der Waals surface area (Å²) in [5.74, 6) is 2.54. The zero-order valence-electron chi connectivity index (χ0n) is 26.9. The molecular weight excluding hydrogens is 759 g/mol. The smallest absolute Gasteiger partial charge is 0.165 e. The van der Waals surface area contributed by atoms with E-state index in [0.717, 1.165) is 60.0 Å². The Bertz CT molecular complexity index is 2970. The molecule has 8 heteroatoms. The monoisotopic (exact) mass is 784 g/mol. The summed E-state index contributed by atoms with van der Waals surface area (Å²) in [6.07, 6.45) is 4.04. The normalized spacial score (nSPS) is 12.5. The van der Waals surface area contributed by atoms with Gasteiger partial charge in [-0.05, 0) is 39.6 Å². The lowest BCUT2D eigenvalue weighted by Gasteiger charge is -2.11. The van der Waals surface area contributed by atoms with E-state index in [2.05, 4.69) is 119 Å². The van der Waals surface area contributed by atoms with Gasteiger partial charge in [0, 0.05) is 52.7 Å². The zero-order chi connectivity index (χ0) is 33.7. The Labute approximate surface area is 306 Å². The summed E-state index contributed by atoms with van der Waals surface area (Å²) in [6, 6.07) is 45.8. The van der Waals surface area contributed by atoms with E-state index < -0.39 is 0 Å². The van der Waals surface area contributed by atoms with E-state index in [1.54, 1.807) is 11.3 Å². The third-order valence-corrected chi connectivity index (χ3v) is 12.7. The molecule has 6 nitrogen and oxygen atoms in total. The van der Waals surface area contributed by atoms with Crippen LogP contribution in [-0.2, 0) is 0 Å². The van der Waals surface area contributed by atoms with Gasteiger partial charge in [0.15, 0.2) is 23.3 Å². The van der Waals surface area contributed by atoms with Gasteiger partial charge in [0.1, 0.15) is 0 Å². The molecular formula is C43H25IN6S. The number of hydrogen-bond acceptors (Lipinski definition) is 7. The fourth-order valence-corrected chi connectivity index (χ4v) is 9.75. The van der Waals surface area contributed by atoms with Gasteiger partial charge in [-0.2, -0.15) is 0 Å². The second kappa shape index (κ2) is 12.5. The van der Waals surface area contributed by atoms with Gasteiger partial charge in [-0.3, -0.25) is 4.98 Å². The molecule has 0 N–H and O–H groups in total. The van der Waals surface area contributed by atoms with Crippen LogP contribution in [0.15, 0.2) is 144 Å². The Balaban J connectivity index is 1.10. The highest BCUT2D eigenvalue weighted by atomic mass is 127. The van der Waals surface area contributed by atoms with Crippen molar-refractivity contribution >= 4 is 74.9 Å². The minimum atomic E-state index is -0.316. The Kier molecular flexibility index (Phi) is 7.35. The van der Waals surface area contributed by atoms with Gasteiger partial charge in [0.05, 0.1) is 21.4 Å². The number of fused-ring (bicyclic) bond motifs is 5. The van der Waals surface area contributed by atoms with Crippen LogP contribution in [0.2, 0.25) is 0 Å². The van der Waals surface area contributed by atoms with Crippen LogP contribution in [0.5, 0.6) is 0 Å². The molecule has 0 atom stereocenters. The first-order chi connectivity index (χ1) is 25.2. The van der Waals surface area contributed by atoms with E-state index in [1.807, 2.05) is 30.5 Å². The van der Waals surface area contributed by atoms with Crippen molar-refractivity contribution in [1.82, 2.24) is 29.9 Å². The van der Waals surface area contributed by atoms with E-state index in [4.69, 9.17) is 29.9 Å². The maximum Gasteiger partial charge on any atom is 0.165 e. The largest absolute Gasteiger partial charge is 0.255 e. The Morgan fingerprint density at radius 2 is 1.22 bits per heavy atom. The number of nitrogens with zero attached hydrogens (tertiary/aromatic N) is 6. The summed E-state index contributed by atoms with van der Waals surface area (Å²) >= 11 is 1.42. The highest BCUT2D eigenvalue weighted by molar-refractivity contribution is 14.2. The quantitative estimate of drug-likeness (QED) is 0.162. The van der Waals surface area contributed by atoms with Crippen LogP contribution in [0.4, 0.5) is 0 Å². The maximum atomic E-state index is 5.15. The number of aromatic nitrogens is 6. The van der Waals surface area contributed by atoms with E-state index in [9.17, 15) is 0 Å². The number of rotatable bonds is 5. The van der Waals surface area contributed by atoms with Crippen molar-refractivity contribution in [2.75, 3.05) is 0 Å². The van der Waals surface area contributed by atoms with Crippen molar-refractivity contribution in [3.05, 3.63) is 158 Å². The molecule has 0 saturated carbocycles. The average molecular weight is 785 g/mol. The predicted molar refractivity (Wildman–Crippen MR) is 217 cm³/mol. The van der Waals surface area contributed by atoms with Crippen molar-refractivity contribution in [1.29, 1.82) is 0 Å². The minimum Gasteiger partial charge on any atom is -0.255 e. The van der Waals surface area contributed by atoms with Crippen LogP contribution in [0.25, 0.3) is 88.3 Å². The number of halogens is 1. The maximum absolute atomic E-state index is 5.15. The van der Waals surface area contributed by atoms with Crippen LogP contribution in [-0.4, -0.2) is 29.9 Å². The number of pyridine rings is 1. The van der Waals surface area contributed by atoms with Crippen LogP contribution in [0.3, 0.4) is 0 Å². The van der Waals surface area contributed by atoms with Gasteiger partial charge < -0.3 is 0 Å². The Morgan fingerprint density at radius 3 is 2.08 bits per heavy atom. The third-order valence-electron chi connectivity index (χ3n) is 8.92. The third kappa shape index (κ3) is 5.53. The van der Waals surface area contributed by atoms with Gasteiger partial charge >= 0.3 is 0 Å². The fourth-order valence-electron chi connectivity index (χ4n) is 6.36. The summed E-state index contributed by atoms with van der Waals surface area (Å²) in [7, 11) is 0. The predicted octanol–water partition coefficient (Wildman–Crippen LogP) is 10.3. The van der Waals surface area contributed by atoms with E-state index in [1.165, 1.54) is 13.1 Å². The molecule has 0 unspecified atom stereocenters. The first kappa shape index (κ1) is 30.0. The second-order valence-corrected chi connectivity index (χ2v) is 15.6. The molecule has 0 bridgehead atoms. The minimum absolute atomic E-state index is 0.316. The fraction of sp³-hybridized carbons (Fsp3) is 0. The lowest BCUT2D eigenvalue weighted by Crippen LogP contribution is -2.07. The summed E-state index contributed by atoms with van der Waals surface area (Å²) in [5, 5.41) is 3.41. The molecule has 0 fully saturated rings. The molecule has 5 heterocycles. The van der Waals surface area contributed by atoms with E-state index >= 15 is 0 Å². The molecule has 4 aromatic heterocycles. The lowest BCUT2D eigenvalue weighted by atomic mass is 10.1. The highest BCUT2D eigenvalue weighted by Gasteiger charge is 2.18. The van der Waals surface area contributed by atoms with Crippen molar-refractivity contribution in [3.8, 4) is 45.4 Å². The van der Waals surface area contributed by atoms with Gasteiger partial charge in [0.25, 0.3) is 0 Å². The molecule has 0 aliphatic carbocycles. The van der Waals surface area contributed by atoms with Gasteiger partial charge in [-0.1, -0.05) is 130 Å². The number of allylic oxidation sites excluding steroid dienone is 1. The zero-order valence-corrected chi connectivity index (χ0v) is 29.9. The van der Waals surface area contributed by atoms with E-state index in [0.29, 0.717) is 23.3 Å². The molecule has 10 rings (SSSR count). The molecule has 9 aromatic rings. The summed E-state index contributed by atoms with van der Waals surface area (Å²) in [5.41, 5.74) is 7.60. The summed E-state index contributed by atoms with van der Waals surface area (Å²) < 4.78 is 5.99. The highest BCUT2D eigenvalue weighted by Crippen LogP contribution is 2.39. The molecule has 0 radical (unpaired) electrons. The molecule has 1 aliphatic rings. The Hall–Kier alpha value is -5.84. The van der Waals surface area contributed by atoms with Crippen LogP contribution >= 0.6 is 32.1 Å². The lowest BCUT2D eigenvalue weighted by molar-refractivity contribution is 1.04. The standard InChI is InChI=1S/C43H25IN6S/c1-2-10-26(11-3-1)37-39-38(33-14-6-9-17-36(33)51-39)47-40(46-37)27-18-20-28(21-19-27)41-48-42(31-22-29-12-4-7-15-34(29)44-24-31)50-43(49-41)32-23-30-13-5-8-16-35(30)45-25-32/h1-25H. The SMILES string of the molecule is C1=C(c2nc(-c3ccc(-c4nc(-c5ccccc5)c5sc6ccccc6c5n4)cc3)nc(-c3cnc4ccccc4c3)n2)C=c2ccccc2=I1. The molecule has 240 valence electrons. The molecule has 0 saturated heterocycles. The van der Waals surface area contributed by atoms with Crippen molar-refractivity contribution in [3.63, 3.8) is 0 Å². The molecule has 5 aromatic carbocycles. The van der Waals surface area contributed by atoms with Crippen molar-refractivity contribution in [2.45, 2.75) is 0 Å². The summed E-state index contributed by atoms with van der Waals surface area (Å²) in [6.45, 7) is 0. The van der Waals surface area contributed by atoms with Crippen molar-refractivity contribution < 1.29 is 0 Å². The number of benzene rings is 5. The first-order valence-electron chi connectivity index (χ1n) is 16.5. The number of hydrogen-bond donors (Lipinski definition) is 0. The molecule has 1 aliphatic heterocycles. The van der Waals surface area contributed by atoms with Crippen molar-refractivity contribution in [2.24, 2.45) is 0 Å². The van der Waals surface area contributed by atoms with Gasteiger partial charge in [-0.25, -0.2) is 24.9 Å². The topological polar surface area (TPSA) is 77.3 Å². The van der Waals surface area contributed by atoms with Gasteiger partial charge in [-0.15, -0.1) is 11.3 Å². The average Bonchev–Trinajstić information content (AvgIpc) is 3.59. The Morgan fingerprint density at radius 1 is 0.529 bits per heavy atom. The van der Waals surface area contributed by atoms with Gasteiger partial charge in [0.2, 0.25) is 0 Å². The summed E-state index contributed by atoms with van der Waals surface area (Å²) in [4.78, 5) is 30.1. The number of para-hydroxylation sites is 1.